The Labute approximate surface area is 98.7 Å². The van der Waals surface area contributed by atoms with E-state index < -0.39 is 5.82 Å². The van der Waals surface area contributed by atoms with Gasteiger partial charge in [-0.25, -0.2) is 4.39 Å². The highest BCUT2D eigenvalue weighted by atomic mass is 19.1. The Kier molecular flexibility index (Phi) is 3.19. The molecular weight excluding hydrogens is 219 g/mol. The molecule has 0 aliphatic rings. The van der Waals surface area contributed by atoms with E-state index >= 15 is 0 Å². The van der Waals surface area contributed by atoms with Crippen molar-refractivity contribution in [2.24, 2.45) is 0 Å². The Morgan fingerprint density at radius 2 is 1.88 bits per heavy atom. The Morgan fingerprint density at radius 1 is 1.12 bits per heavy atom. The molecule has 0 saturated heterocycles. The van der Waals surface area contributed by atoms with Gasteiger partial charge in [-0.1, -0.05) is 24.3 Å². The van der Waals surface area contributed by atoms with Gasteiger partial charge >= 0.3 is 0 Å². The van der Waals surface area contributed by atoms with Gasteiger partial charge in [-0.15, -0.1) is 0 Å². The van der Waals surface area contributed by atoms with Gasteiger partial charge in [-0.2, -0.15) is 0 Å². The predicted molar refractivity (Wildman–Crippen MR) is 62.9 cm³/mol. The van der Waals surface area contributed by atoms with E-state index in [0.717, 1.165) is 0 Å². The van der Waals surface area contributed by atoms with Gasteiger partial charge in [-0.05, 0) is 31.2 Å². The van der Waals surface area contributed by atoms with Crippen LogP contribution >= 0.6 is 0 Å². The number of hydrogen-bond donors (Lipinski definition) is 0. The molecule has 3 heteroatoms. The maximum atomic E-state index is 13.3. The molecule has 0 bridgehead atoms. The topological polar surface area (TPSA) is 26.3 Å². The molecule has 0 unspecified atom stereocenters. The first-order valence-electron chi connectivity index (χ1n) is 5.20. The maximum absolute atomic E-state index is 13.3. The van der Waals surface area contributed by atoms with Crippen molar-refractivity contribution in [3.05, 3.63) is 59.9 Å². The van der Waals surface area contributed by atoms with Gasteiger partial charge in [0.15, 0.2) is 17.3 Å². The minimum Gasteiger partial charge on any atom is -0.454 e. The van der Waals surface area contributed by atoms with E-state index in [1.54, 1.807) is 36.4 Å². The number of carbonyl (C=O) groups excluding carboxylic acids is 1. The molecule has 0 spiro atoms. The molecule has 2 aromatic carbocycles. The highest BCUT2D eigenvalue weighted by Crippen LogP contribution is 2.24. The zero-order valence-corrected chi connectivity index (χ0v) is 9.31. The van der Waals surface area contributed by atoms with Gasteiger partial charge in [0.2, 0.25) is 0 Å². The molecule has 0 atom stereocenters. The Morgan fingerprint density at radius 3 is 2.59 bits per heavy atom. The highest BCUT2D eigenvalue weighted by Gasteiger charge is 2.05. The molecule has 0 N–H and O–H groups in total. The van der Waals surface area contributed by atoms with Crippen molar-refractivity contribution >= 4 is 5.78 Å². The zero-order valence-electron chi connectivity index (χ0n) is 9.31. The van der Waals surface area contributed by atoms with Crippen LogP contribution in [0.1, 0.15) is 17.3 Å². The van der Waals surface area contributed by atoms with Crippen LogP contribution in [0, 0.1) is 5.82 Å². The van der Waals surface area contributed by atoms with E-state index in [1.165, 1.54) is 19.1 Å². The lowest BCUT2D eigenvalue weighted by molar-refractivity contribution is 0.101. The first-order chi connectivity index (χ1) is 8.16. The van der Waals surface area contributed by atoms with E-state index in [2.05, 4.69) is 0 Å². The number of halogens is 1. The summed E-state index contributed by atoms with van der Waals surface area (Å²) in [5.41, 5.74) is 0.541. The fraction of sp³-hybridized carbons (Fsp3) is 0.0714. The number of benzene rings is 2. The molecule has 2 aromatic rings. The lowest BCUT2D eigenvalue weighted by Gasteiger charge is -2.07. The van der Waals surface area contributed by atoms with Crippen LogP contribution < -0.4 is 4.74 Å². The summed E-state index contributed by atoms with van der Waals surface area (Å²) in [6, 6.07) is 12.8. The third kappa shape index (κ3) is 2.69. The standard InChI is InChI=1S/C14H11FO2/c1-10(16)11-5-4-6-12(9-11)17-14-8-3-2-7-13(14)15/h2-9H,1H3. The molecule has 0 aliphatic heterocycles. The SMILES string of the molecule is CC(=O)c1cccc(Oc2ccccc2F)c1. The van der Waals surface area contributed by atoms with E-state index in [4.69, 9.17) is 4.74 Å². The van der Waals surface area contributed by atoms with E-state index in [-0.39, 0.29) is 11.5 Å². The van der Waals surface area contributed by atoms with Crippen LogP contribution in [-0.2, 0) is 0 Å². The number of hydrogen-bond acceptors (Lipinski definition) is 2. The Balaban J connectivity index is 2.28. The molecule has 0 radical (unpaired) electrons. The van der Waals surface area contributed by atoms with Gasteiger partial charge in [0.25, 0.3) is 0 Å². The van der Waals surface area contributed by atoms with Crippen LogP contribution in [0.15, 0.2) is 48.5 Å². The van der Waals surface area contributed by atoms with Crippen LogP contribution in [-0.4, -0.2) is 5.78 Å². The summed E-state index contributed by atoms with van der Waals surface area (Å²) in [7, 11) is 0. The molecule has 0 heterocycles. The summed E-state index contributed by atoms with van der Waals surface area (Å²) in [5, 5.41) is 0. The van der Waals surface area contributed by atoms with E-state index in [9.17, 15) is 9.18 Å². The second-order valence-corrected chi connectivity index (χ2v) is 3.62. The number of Topliss-reactive ketones (excluding diaryl/α,β-unsaturated/α-hetero) is 1. The monoisotopic (exact) mass is 230 g/mol. The van der Waals surface area contributed by atoms with Crippen molar-refractivity contribution in [1.29, 1.82) is 0 Å². The first kappa shape index (κ1) is 11.3. The van der Waals surface area contributed by atoms with E-state index in [1.807, 2.05) is 0 Å². The highest BCUT2D eigenvalue weighted by molar-refractivity contribution is 5.94. The predicted octanol–water partition coefficient (Wildman–Crippen LogP) is 3.82. The fourth-order valence-electron chi connectivity index (χ4n) is 1.43. The third-order valence-electron chi connectivity index (χ3n) is 2.31. The minimum atomic E-state index is -0.430. The number of ketones is 1. The second kappa shape index (κ2) is 4.78. The zero-order chi connectivity index (χ0) is 12.3. The van der Waals surface area contributed by atoms with Crippen molar-refractivity contribution in [3.8, 4) is 11.5 Å². The van der Waals surface area contributed by atoms with Crippen LogP contribution in [0.4, 0.5) is 4.39 Å². The summed E-state index contributed by atoms with van der Waals surface area (Å²) in [5.74, 6) is 0.112. The van der Waals surface area contributed by atoms with Crippen molar-refractivity contribution in [1.82, 2.24) is 0 Å². The first-order valence-corrected chi connectivity index (χ1v) is 5.20. The van der Waals surface area contributed by atoms with E-state index in [0.29, 0.717) is 11.3 Å². The molecule has 2 nitrogen and oxygen atoms in total. The summed E-state index contributed by atoms with van der Waals surface area (Å²) in [4.78, 5) is 11.2. The number of rotatable bonds is 3. The molecule has 0 amide bonds. The third-order valence-corrected chi connectivity index (χ3v) is 2.31. The van der Waals surface area contributed by atoms with Crippen LogP contribution in [0.3, 0.4) is 0 Å². The number of carbonyl (C=O) groups is 1. The lowest BCUT2D eigenvalue weighted by atomic mass is 10.1. The van der Waals surface area contributed by atoms with Crippen LogP contribution in [0.2, 0.25) is 0 Å². The molecule has 86 valence electrons. The van der Waals surface area contributed by atoms with Crippen molar-refractivity contribution in [2.45, 2.75) is 6.92 Å². The molecule has 0 aliphatic carbocycles. The van der Waals surface area contributed by atoms with Gasteiger partial charge in [0.1, 0.15) is 5.75 Å². The maximum Gasteiger partial charge on any atom is 0.165 e. The summed E-state index contributed by atoms with van der Waals surface area (Å²) in [6.45, 7) is 1.47. The number of para-hydroxylation sites is 1. The molecule has 17 heavy (non-hydrogen) atoms. The van der Waals surface area contributed by atoms with Gasteiger partial charge in [0.05, 0.1) is 0 Å². The molecule has 0 fully saturated rings. The van der Waals surface area contributed by atoms with Crippen LogP contribution in [0.25, 0.3) is 0 Å². The Bertz CT molecular complexity index is 549. The molecule has 2 rings (SSSR count). The van der Waals surface area contributed by atoms with Gasteiger partial charge < -0.3 is 4.74 Å². The fourth-order valence-corrected chi connectivity index (χ4v) is 1.43. The second-order valence-electron chi connectivity index (χ2n) is 3.62. The average Bonchev–Trinajstić information content (AvgIpc) is 2.32. The summed E-state index contributed by atoms with van der Waals surface area (Å²) < 4.78 is 18.7. The van der Waals surface area contributed by atoms with Crippen LogP contribution in [0.5, 0.6) is 11.5 Å². The number of ether oxygens (including phenoxy) is 1. The smallest absolute Gasteiger partial charge is 0.165 e. The van der Waals surface area contributed by atoms with Gasteiger partial charge in [-0.3, -0.25) is 4.79 Å². The van der Waals surface area contributed by atoms with Crippen molar-refractivity contribution in [2.75, 3.05) is 0 Å². The largest absolute Gasteiger partial charge is 0.454 e. The minimum absolute atomic E-state index is 0.0519. The van der Waals surface area contributed by atoms with Crippen molar-refractivity contribution in [3.63, 3.8) is 0 Å². The lowest BCUT2D eigenvalue weighted by Crippen LogP contribution is -1.93. The quantitative estimate of drug-likeness (QED) is 0.749. The summed E-state index contributed by atoms with van der Waals surface area (Å²) >= 11 is 0. The average molecular weight is 230 g/mol. The Hall–Kier alpha value is -2.16. The summed E-state index contributed by atoms with van der Waals surface area (Å²) in [6.07, 6.45) is 0. The van der Waals surface area contributed by atoms with Crippen molar-refractivity contribution < 1.29 is 13.9 Å². The van der Waals surface area contributed by atoms with Gasteiger partial charge in [0, 0.05) is 5.56 Å². The molecule has 0 aromatic heterocycles. The normalized spacial score (nSPS) is 10.0. The molecule has 0 saturated carbocycles. The molecular formula is C14H11FO2.